The van der Waals surface area contributed by atoms with Gasteiger partial charge < -0.3 is 19.9 Å². The number of aryl methyl sites for hydroxylation is 1. The molecule has 6 rings (SSSR count). The first kappa shape index (κ1) is 21.8. The van der Waals surface area contributed by atoms with Crippen molar-refractivity contribution >= 4 is 39.5 Å². The number of rotatable bonds is 6. The van der Waals surface area contributed by atoms with E-state index in [-0.39, 0.29) is 11.9 Å². The summed E-state index contributed by atoms with van der Waals surface area (Å²) in [5.74, 6) is 2.04. The lowest BCUT2D eigenvalue weighted by molar-refractivity contribution is -0.127. The molecule has 1 aliphatic rings. The number of benzene rings is 1. The number of carbonyl (C=O) groups is 1. The predicted molar refractivity (Wildman–Crippen MR) is 135 cm³/mol. The van der Waals surface area contributed by atoms with Crippen LogP contribution < -0.4 is 10.1 Å². The number of amides is 1. The smallest absolute Gasteiger partial charge is 0.245 e. The minimum Gasteiger partial charge on any atom is -0.454 e. The van der Waals surface area contributed by atoms with Crippen molar-refractivity contribution in [3.63, 3.8) is 0 Å². The Hall–Kier alpha value is -4.67. The van der Waals surface area contributed by atoms with Crippen molar-refractivity contribution in [2.24, 2.45) is 7.05 Å². The highest BCUT2D eigenvalue weighted by molar-refractivity contribution is 6.09. The molecule has 1 aliphatic heterocycles. The Morgan fingerprint density at radius 3 is 2.69 bits per heavy atom. The Morgan fingerprint density at radius 1 is 1.17 bits per heavy atom. The van der Waals surface area contributed by atoms with Gasteiger partial charge in [-0.05, 0) is 43.2 Å². The normalized spacial score (nSPS) is 14.4. The molecule has 1 saturated heterocycles. The van der Waals surface area contributed by atoms with Gasteiger partial charge in [-0.3, -0.25) is 9.48 Å². The first-order chi connectivity index (χ1) is 17.6. The Bertz CT molecular complexity index is 1560. The summed E-state index contributed by atoms with van der Waals surface area (Å²) in [4.78, 5) is 26.1. The van der Waals surface area contributed by atoms with Gasteiger partial charge in [0.15, 0.2) is 17.2 Å². The number of carbonyl (C=O) groups excluding carboxylic acids is 1. The van der Waals surface area contributed by atoms with Crippen LogP contribution in [0.1, 0.15) is 18.9 Å². The van der Waals surface area contributed by atoms with E-state index in [1.807, 2.05) is 47.1 Å². The molecular formula is C25H25N9O2. The Morgan fingerprint density at radius 2 is 1.97 bits per heavy atom. The fraction of sp³-hybridized carbons (Fsp3) is 0.240. The van der Waals surface area contributed by atoms with Crippen LogP contribution in [0, 0.1) is 0 Å². The molecule has 0 radical (unpaired) electrons. The zero-order chi connectivity index (χ0) is 24.6. The molecule has 11 heteroatoms. The third-order valence-corrected chi connectivity index (χ3v) is 6.45. The van der Waals surface area contributed by atoms with Crippen molar-refractivity contribution in [3.05, 3.63) is 61.8 Å². The van der Waals surface area contributed by atoms with Gasteiger partial charge in [0.2, 0.25) is 5.91 Å². The summed E-state index contributed by atoms with van der Waals surface area (Å²) in [5, 5.41) is 14.4. The molecule has 0 aliphatic carbocycles. The lowest BCUT2D eigenvalue weighted by Crippen LogP contribution is -2.38. The number of piperidine rings is 1. The maximum absolute atomic E-state index is 12.0. The van der Waals surface area contributed by atoms with Gasteiger partial charge in [0.25, 0.3) is 0 Å². The highest BCUT2D eigenvalue weighted by atomic mass is 16.5. The monoisotopic (exact) mass is 483 g/mol. The van der Waals surface area contributed by atoms with Crippen LogP contribution in [0.15, 0.2) is 61.8 Å². The van der Waals surface area contributed by atoms with Gasteiger partial charge in [-0.25, -0.2) is 14.6 Å². The number of nitrogens with zero attached hydrogens (tertiary/aromatic N) is 7. The van der Waals surface area contributed by atoms with Crippen molar-refractivity contribution in [2.45, 2.75) is 18.9 Å². The van der Waals surface area contributed by atoms with E-state index < -0.39 is 0 Å². The fourth-order valence-electron chi connectivity index (χ4n) is 4.64. The first-order valence-electron chi connectivity index (χ1n) is 11.7. The lowest BCUT2D eigenvalue weighted by atomic mass is 10.0. The van der Waals surface area contributed by atoms with Crippen molar-refractivity contribution in [3.8, 4) is 11.5 Å². The molecule has 0 saturated carbocycles. The number of likely N-dealkylation sites (tertiary alicyclic amines) is 1. The van der Waals surface area contributed by atoms with Gasteiger partial charge in [0.05, 0.1) is 35.5 Å². The third kappa shape index (κ3) is 3.94. The van der Waals surface area contributed by atoms with Gasteiger partial charge >= 0.3 is 0 Å². The van der Waals surface area contributed by atoms with E-state index in [1.165, 1.54) is 6.08 Å². The van der Waals surface area contributed by atoms with Crippen molar-refractivity contribution in [2.75, 3.05) is 18.4 Å². The number of aromatic amines is 1. The Balaban J connectivity index is 1.30. The zero-order valence-corrected chi connectivity index (χ0v) is 19.8. The number of anilines is 2. The minimum absolute atomic E-state index is 0.0359. The molecule has 0 unspecified atom stereocenters. The summed E-state index contributed by atoms with van der Waals surface area (Å²) in [6.45, 7) is 4.90. The van der Waals surface area contributed by atoms with Gasteiger partial charge in [0.1, 0.15) is 11.4 Å². The number of aromatic nitrogens is 7. The van der Waals surface area contributed by atoms with Gasteiger partial charge in [-0.15, -0.1) is 0 Å². The molecule has 1 fully saturated rings. The molecule has 4 aromatic heterocycles. The van der Waals surface area contributed by atoms with Gasteiger partial charge in [0, 0.05) is 32.0 Å². The fourth-order valence-corrected chi connectivity index (χ4v) is 4.64. The van der Waals surface area contributed by atoms with Crippen LogP contribution >= 0.6 is 0 Å². The van der Waals surface area contributed by atoms with Gasteiger partial charge in [-0.1, -0.05) is 6.58 Å². The van der Waals surface area contributed by atoms with Crippen molar-refractivity contribution < 1.29 is 9.53 Å². The molecule has 0 atom stereocenters. The maximum Gasteiger partial charge on any atom is 0.245 e. The number of H-pyrrole nitrogens is 1. The van der Waals surface area contributed by atoms with Crippen molar-refractivity contribution in [1.29, 1.82) is 0 Å². The summed E-state index contributed by atoms with van der Waals surface area (Å²) in [7, 11) is 1.85. The number of hydrogen-bond donors (Lipinski definition) is 2. The largest absolute Gasteiger partial charge is 0.454 e. The lowest BCUT2D eigenvalue weighted by Gasteiger charge is -2.32. The van der Waals surface area contributed by atoms with Crippen LogP contribution in [0.5, 0.6) is 11.5 Å². The van der Waals surface area contributed by atoms with E-state index in [9.17, 15) is 4.79 Å². The predicted octanol–water partition coefficient (Wildman–Crippen LogP) is 3.93. The molecule has 36 heavy (non-hydrogen) atoms. The van der Waals surface area contributed by atoms with E-state index >= 15 is 0 Å². The second kappa shape index (κ2) is 8.84. The quantitative estimate of drug-likeness (QED) is 0.351. The van der Waals surface area contributed by atoms with E-state index in [0.717, 1.165) is 40.6 Å². The summed E-state index contributed by atoms with van der Waals surface area (Å²) in [6.07, 6.45) is 9.86. The van der Waals surface area contributed by atoms with Crippen LogP contribution in [0.25, 0.3) is 22.1 Å². The molecule has 1 aromatic carbocycles. The molecular weight excluding hydrogens is 458 g/mol. The summed E-state index contributed by atoms with van der Waals surface area (Å²) in [6, 6.07) is 7.77. The molecule has 0 bridgehead atoms. The van der Waals surface area contributed by atoms with Crippen LogP contribution in [0.4, 0.5) is 11.5 Å². The molecule has 1 amide bonds. The minimum atomic E-state index is -0.0359. The summed E-state index contributed by atoms with van der Waals surface area (Å²) < 4.78 is 9.52. The van der Waals surface area contributed by atoms with E-state index in [2.05, 4.69) is 31.9 Å². The number of nitrogens with one attached hydrogen (secondary N) is 2. The van der Waals surface area contributed by atoms with Crippen LogP contribution in [0.3, 0.4) is 0 Å². The molecule has 2 N–H and O–H groups in total. The Labute approximate surface area is 206 Å². The molecule has 0 spiro atoms. The molecule has 11 nitrogen and oxygen atoms in total. The van der Waals surface area contributed by atoms with Gasteiger partial charge in [-0.2, -0.15) is 10.2 Å². The van der Waals surface area contributed by atoms with E-state index in [4.69, 9.17) is 9.84 Å². The van der Waals surface area contributed by atoms with E-state index in [0.29, 0.717) is 30.4 Å². The highest BCUT2D eigenvalue weighted by Gasteiger charge is 2.26. The average molecular weight is 484 g/mol. The first-order valence-corrected chi connectivity index (χ1v) is 11.7. The second-order valence-electron chi connectivity index (χ2n) is 8.78. The SMILES string of the molecule is C=CC(=O)N1CCC(n2nc(Nc3ccc(Oc4cnn(C)c4)cc3)c3cnc4[nH]cnc2c43)CC1. The molecule has 182 valence electrons. The van der Waals surface area contributed by atoms with Crippen molar-refractivity contribution in [1.82, 2.24) is 39.4 Å². The summed E-state index contributed by atoms with van der Waals surface area (Å²) in [5.41, 5.74) is 2.40. The zero-order valence-electron chi connectivity index (χ0n) is 19.8. The topological polar surface area (TPSA) is 119 Å². The third-order valence-electron chi connectivity index (χ3n) is 6.45. The van der Waals surface area contributed by atoms with E-state index in [1.54, 1.807) is 23.4 Å². The second-order valence-corrected chi connectivity index (χ2v) is 8.78. The summed E-state index contributed by atoms with van der Waals surface area (Å²) >= 11 is 0. The number of hydrogen-bond acceptors (Lipinski definition) is 7. The average Bonchev–Trinajstić information content (AvgIpc) is 3.53. The standard InChI is InChI=1S/C25H25N9O2/c1-3-21(35)33-10-8-17(9-11-33)34-25-22-20(13-26-24(22)27-15-28-25)23(31-34)30-16-4-6-18(7-5-16)36-19-12-29-32(2)14-19/h3-7,12-15,17H,1,8-11H2,2H3,(H,30,31)(H,26,27,28). The Kier molecular flexibility index (Phi) is 5.36. The van der Waals surface area contributed by atoms with Crippen LogP contribution in [-0.4, -0.2) is 58.4 Å². The number of ether oxygens (including phenoxy) is 1. The van der Waals surface area contributed by atoms with Crippen LogP contribution in [-0.2, 0) is 11.8 Å². The van der Waals surface area contributed by atoms with Crippen LogP contribution in [0.2, 0.25) is 0 Å². The molecule has 5 aromatic rings. The maximum atomic E-state index is 12.0. The molecule has 5 heterocycles. The highest BCUT2D eigenvalue weighted by Crippen LogP contribution is 2.34.